The summed E-state index contributed by atoms with van der Waals surface area (Å²) in [5.41, 5.74) is 0.990. The Hall–Kier alpha value is -3.23. The number of anilines is 1. The Bertz CT molecular complexity index is 998. The fourth-order valence-electron chi connectivity index (χ4n) is 2.98. The fraction of sp³-hybridized carbons (Fsp3) is 0.316. The molecule has 0 saturated heterocycles. The van der Waals surface area contributed by atoms with E-state index >= 15 is 0 Å². The number of pyridine rings is 1. The van der Waals surface area contributed by atoms with Crippen LogP contribution in [0.5, 0.6) is 0 Å². The topological polar surface area (TPSA) is 85.6 Å². The number of alkyl halides is 2. The molecule has 0 unspecified atom stereocenters. The third kappa shape index (κ3) is 3.60. The Labute approximate surface area is 159 Å². The number of aryl methyl sites for hydroxylation is 1. The zero-order valence-electron chi connectivity index (χ0n) is 15.1. The minimum Gasteiger partial charge on any atom is -0.331 e. The lowest BCUT2D eigenvalue weighted by atomic mass is 9.82. The van der Waals surface area contributed by atoms with Gasteiger partial charge in [0.05, 0.1) is 11.9 Å². The molecule has 7 nitrogen and oxygen atoms in total. The maximum absolute atomic E-state index is 12.7. The second-order valence-electron chi connectivity index (χ2n) is 6.72. The van der Waals surface area contributed by atoms with Crippen LogP contribution in [0.15, 0.2) is 36.8 Å². The second kappa shape index (κ2) is 7.41. The predicted octanol–water partition coefficient (Wildman–Crippen LogP) is 3.73. The lowest BCUT2D eigenvalue weighted by molar-refractivity contribution is 0.102. The van der Waals surface area contributed by atoms with Gasteiger partial charge in [-0.2, -0.15) is 0 Å². The van der Waals surface area contributed by atoms with E-state index < -0.39 is 12.3 Å². The number of carbonyl (C=O) groups is 1. The van der Waals surface area contributed by atoms with Crippen LogP contribution in [0.3, 0.4) is 0 Å². The largest absolute Gasteiger partial charge is 0.331 e. The first-order valence-corrected chi connectivity index (χ1v) is 8.93. The minimum absolute atomic E-state index is 0.202. The number of hydrogen-bond acceptors (Lipinski definition) is 5. The highest BCUT2D eigenvalue weighted by molar-refractivity contribution is 6.03. The molecule has 1 amide bonds. The van der Waals surface area contributed by atoms with Crippen LogP contribution in [0.4, 0.5) is 14.5 Å². The number of aromatic nitrogens is 5. The van der Waals surface area contributed by atoms with Crippen molar-refractivity contribution in [2.75, 3.05) is 5.32 Å². The smallest absolute Gasteiger partial charge is 0.280 e. The van der Waals surface area contributed by atoms with Gasteiger partial charge < -0.3 is 9.88 Å². The van der Waals surface area contributed by atoms with Gasteiger partial charge in [-0.05, 0) is 31.0 Å². The number of hydrogen-bond donors (Lipinski definition) is 1. The highest BCUT2D eigenvalue weighted by atomic mass is 19.3. The molecule has 0 spiro atoms. The van der Waals surface area contributed by atoms with Gasteiger partial charge in [0.1, 0.15) is 11.4 Å². The van der Waals surface area contributed by atoms with Gasteiger partial charge in [0.2, 0.25) is 0 Å². The summed E-state index contributed by atoms with van der Waals surface area (Å²) in [5, 5.41) is 2.65. The summed E-state index contributed by atoms with van der Waals surface area (Å²) in [6.45, 7) is 0. The maximum atomic E-state index is 12.7. The molecule has 0 aliphatic heterocycles. The average Bonchev–Trinajstić information content (AvgIpc) is 3.06. The Morgan fingerprint density at radius 1 is 1.25 bits per heavy atom. The molecule has 9 heteroatoms. The summed E-state index contributed by atoms with van der Waals surface area (Å²) >= 11 is 0. The summed E-state index contributed by atoms with van der Waals surface area (Å²) in [6.07, 6.45) is 5.16. The molecule has 28 heavy (non-hydrogen) atoms. The van der Waals surface area contributed by atoms with Gasteiger partial charge in [-0.15, -0.1) is 0 Å². The Balaban J connectivity index is 1.63. The SMILES string of the molecule is Cn1ccnc1-c1nc(C(=O)Nc2ccc(C(F)F)nc2)cc(C2CCC2)n1. The van der Waals surface area contributed by atoms with E-state index in [1.807, 2.05) is 7.05 Å². The number of nitrogens with zero attached hydrogens (tertiary/aromatic N) is 5. The zero-order valence-corrected chi connectivity index (χ0v) is 15.1. The van der Waals surface area contributed by atoms with E-state index in [1.54, 1.807) is 23.0 Å². The van der Waals surface area contributed by atoms with Crippen molar-refractivity contribution in [3.8, 4) is 11.6 Å². The first-order chi connectivity index (χ1) is 13.5. The quantitative estimate of drug-likeness (QED) is 0.724. The van der Waals surface area contributed by atoms with Gasteiger partial charge in [-0.25, -0.2) is 23.7 Å². The molecule has 144 valence electrons. The van der Waals surface area contributed by atoms with Crippen LogP contribution in [0.1, 0.15) is 53.5 Å². The normalized spacial score (nSPS) is 14.1. The van der Waals surface area contributed by atoms with Crippen LogP contribution in [0.25, 0.3) is 11.6 Å². The van der Waals surface area contributed by atoms with Crippen LogP contribution in [0, 0.1) is 0 Å². The number of carbonyl (C=O) groups excluding carboxylic acids is 1. The van der Waals surface area contributed by atoms with Gasteiger partial charge in [0, 0.05) is 31.1 Å². The predicted molar refractivity (Wildman–Crippen MR) is 98.0 cm³/mol. The Morgan fingerprint density at radius 2 is 2.07 bits per heavy atom. The molecule has 1 aliphatic carbocycles. The zero-order chi connectivity index (χ0) is 19.7. The molecule has 0 radical (unpaired) electrons. The van der Waals surface area contributed by atoms with Crippen molar-refractivity contribution in [2.45, 2.75) is 31.6 Å². The number of halogens is 2. The lowest BCUT2D eigenvalue weighted by Crippen LogP contribution is -2.18. The first-order valence-electron chi connectivity index (χ1n) is 8.93. The van der Waals surface area contributed by atoms with Crippen molar-refractivity contribution in [1.82, 2.24) is 24.5 Å². The number of imidazole rings is 1. The van der Waals surface area contributed by atoms with E-state index in [9.17, 15) is 13.6 Å². The number of amides is 1. The molecule has 3 heterocycles. The van der Waals surface area contributed by atoms with Gasteiger partial charge in [-0.3, -0.25) is 9.78 Å². The van der Waals surface area contributed by atoms with Crippen LogP contribution >= 0.6 is 0 Å². The third-order valence-corrected chi connectivity index (χ3v) is 4.79. The molecule has 4 rings (SSSR count). The molecule has 0 atom stereocenters. The van der Waals surface area contributed by atoms with E-state index in [2.05, 4.69) is 25.3 Å². The molecule has 1 saturated carbocycles. The van der Waals surface area contributed by atoms with Crippen molar-refractivity contribution >= 4 is 11.6 Å². The van der Waals surface area contributed by atoms with E-state index in [4.69, 9.17) is 0 Å². The summed E-state index contributed by atoms with van der Waals surface area (Å²) in [4.78, 5) is 29.6. The summed E-state index contributed by atoms with van der Waals surface area (Å²) in [6, 6.07) is 4.26. The molecule has 1 N–H and O–H groups in total. The maximum Gasteiger partial charge on any atom is 0.280 e. The van der Waals surface area contributed by atoms with Crippen molar-refractivity contribution < 1.29 is 13.6 Å². The average molecular weight is 384 g/mol. The molecule has 1 aliphatic rings. The third-order valence-electron chi connectivity index (χ3n) is 4.79. The van der Waals surface area contributed by atoms with Crippen LogP contribution in [0.2, 0.25) is 0 Å². The molecular formula is C19H18F2N6O. The summed E-state index contributed by atoms with van der Waals surface area (Å²) < 4.78 is 27.0. The Kier molecular flexibility index (Phi) is 4.81. The number of rotatable bonds is 5. The van der Waals surface area contributed by atoms with Crippen molar-refractivity contribution in [1.29, 1.82) is 0 Å². The highest BCUT2D eigenvalue weighted by Crippen LogP contribution is 2.36. The van der Waals surface area contributed by atoms with Crippen molar-refractivity contribution in [3.05, 3.63) is 53.9 Å². The lowest BCUT2D eigenvalue weighted by Gasteiger charge is -2.25. The van der Waals surface area contributed by atoms with E-state index in [-0.39, 0.29) is 11.4 Å². The fourth-order valence-corrected chi connectivity index (χ4v) is 2.98. The standard InChI is InChI=1S/C19H18F2N6O/c1-27-8-7-22-18(27)17-25-14(11-3-2-4-11)9-15(26-17)19(28)24-12-5-6-13(16(20)21)23-10-12/h5-11,16H,2-4H2,1H3,(H,24,28). The van der Waals surface area contributed by atoms with Crippen LogP contribution in [-0.4, -0.2) is 30.4 Å². The highest BCUT2D eigenvalue weighted by Gasteiger charge is 2.24. The van der Waals surface area contributed by atoms with Crippen LogP contribution in [-0.2, 0) is 7.05 Å². The minimum atomic E-state index is -2.66. The van der Waals surface area contributed by atoms with Gasteiger partial charge >= 0.3 is 0 Å². The Morgan fingerprint density at radius 3 is 2.64 bits per heavy atom. The van der Waals surface area contributed by atoms with Crippen molar-refractivity contribution in [3.63, 3.8) is 0 Å². The van der Waals surface area contributed by atoms with E-state index in [0.717, 1.165) is 25.0 Å². The van der Waals surface area contributed by atoms with Crippen LogP contribution < -0.4 is 5.32 Å². The molecular weight excluding hydrogens is 366 g/mol. The molecule has 3 aromatic rings. The summed E-state index contributed by atoms with van der Waals surface area (Å²) in [7, 11) is 1.83. The molecule has 3 aromatic heterocycles. The van der Waals surface area contributed by atoms with Gasteiger partial charge in [0.15, 0.2) is 11.6 Å². The second-order valence-corrected chi connectivity index (χ2v) is 6.72. The van der Waals surface area contributed by atoms with E-state index in [0.29, 0.717) is 23.3 Å². The molecule has 1 fully saturated rings. The monoisotopic (exact) mass is 384 g/mol. The van der Waals surface area contributed by atoms with Gasteiger partial charge in [-0.1, -0.05) is 6.42 Å². The molecule has 0 bridgehead atoms. The van der Waals surface area contributed by atoms with Gasteiger partial charge in [0.25, 0.3) is 12.3 Å². The summed E-state index contributed by atoms with van der Waals surface area (Å²) in [5.74, 6) is 0.803. The van der Waals surface area contributed by atoms with E-state index in [1.165, 1.54) is 18.3 Å². The molecule has 0 aromatic carbocycles. The van der Waals surface area contributed by atoms with Crippen molar-refractivity contribution in [2.24, 2.45) is 7.05 Å². The first kappa shape index (κ1) is 18.1. The number of nitrogens with one attached hydrogen (secondary N) is 1.